The van der Waals surface area contributed by atoms with E-state index in [-0.39, 0.29) is 12.5 Å². The first-order chi connectivity index (χ1) is 9.29. The summed E-state index contributed by atoms with van der Waals surface area (Å²) in [6.07, 6.45) is 1.56. The summed E-state index contributed by atoms with van der Waals surface area (Å²) < 4.78 is 10.1. The molecule has 0 fully saturated rings. The van der Waals surface area contributed by atoms with Crippen molar-refractivity contribution in [3.8, 4) is 5.75 Å². The first kappa shape index (κ1) is 13.1. The van der Waals surface area contributed by atoms with E-state index in [1.807, 2.05) is 12.1 Å². The fraction of sp³-hybridized carbons (Fsp3) is 0.231. The zero-order valence-electron chi connectivity index (χ0n) is 10.6. The summed E-state index contributed by atoms with van der Waals surface area (Å²) in [6.45, 7) is 0.637. The maximum atomic E-state index is 11.7. The highest BCUT2D eigenvalue weighted by Gasteiger charge is 2.06. The summed E-state index contributed by atoms with van der Waals surface area (Å²) in [5, 5.41) is 9.31. The van der Waals surface area contributed by atoms with Crippen LogP contribution in [0.4, 0.5) is 5.69 Å². The zero-order valence-corrected chi connectivity index (χ0v) is 10.6. The van der Waals surface area contributed by atoms with Crippen molar-refractivity contribution in [2.24, 2.45) is 0 Å². The van der Waals surface area contributed by atoms with Gasteiger partial charge in [-0.25, -0.2) is 0 Å². The van der Waals surface area contributed by atoms with Crippen LogP contribution in [0.25, 0.3) is 0 Å². The molecule has 6 heteroatoms. The molecule has 1 aromatic carbocycles. The number of aromatic nitrogens is 1. The smallest absolute Gasteiger partial charge is 0.238 e. The number of methoxy groups -OCH3 is 1. The maximum Gasteiger partial charge on any atom is 0.238 e. The predicted octanol–water partition coefficient (Wildman–Crippen LogP) is 1.41. The lowest BCUT2D eigenvalue weighted by molar-refractivity contribution is -0.115. The summed E-state index contributed by atoms with van der Waals surface area (Å²) in [5.41, 5.74) is 0.650. The SMILES string of the molecule is COc1ccccc1NC(=O)CNCc1ccno1. The number of carbonyl (C=O) groups is 1. The Hall–Kier alpha value is -2.34. The lowest BCUT2D eigenvalue weighted by atomic mass is 10.3. The van der Waals surface area contributed by atoms with Crippen LogP contribution in [0.3, 0.4) is 0 Å². The van der Waals surface area contributed by atoms with Gasteiger partial charge in [0.15, 0.2) is 0 Å². The number of amides is 1. The lowest BCUT2D eigenvalue weighted by Crippen LogP contribution is -2.27. The summed E-state index contributed by atoms with van der Waals surface area (Å²) in [7, 11) is 1.56. The molecule has 0 saturated heterocycles. The zero-order chi connectivity index (χ0) is 13.5. The largest absolute Gasteiger partial charge is 0.495 e. The van der Waals surface area contributed by atoms with E-state index in [0.29, 0.717) is 23.7 Å². The Morgan fingerprint density at radius 1 is 1.37 bits per heavy atom. The van der Waals surface area contributed by atoms with Crippen LogP contribution in [-0.4, -0.2) is 24.7 Å². The van der Waals surface area contributed by atoms with Crippen LogP contribution in [0.15, 0.2) is 41.1 Å². The van der Waals surface area contributed by atoms with Gasteiger partial charge in [0.1, 0.15) is 11.5 Å². The van der Waals surface area contributed by atoms with Gasteiger partial charge in [0, 0.05) is 6.07 Å². The molecule has 0 spiro atoms. The van der Waals surface area contributed by atoms with E-state index >= 15 is 0 Å². The van der Waals surface area contributed by atoms with E-state index in [9.17, 15) is 4.79 Å². The Balaban J connectivity index is 1.80. The first-order valence-corrected chi connectivity index (χ1v) is 5.82. The summed E-state index contributed by atoms with van der Waals surface area (Å²) in [6, 6.07) is 8.99. The van der Waals surface area contributed by atoms with Gasteiger partial charge in [-0.3, -0.25) is 4.79 Å². The Morgan fingerprint density at radius 3 is 2.95 bits per heavy atom. The second-order valence-electron chi connectivity index (χ2n) is 3.83. The monoisotopic (exact) mass is 261 g/mol. The van der Waals surface area contributed by atoms with E-state index in [1.165, 1.54) is 0 Å². The third-order valence-corrected chi connectivity index (χ3v) is 2.46. The molecule has 0 bridgehead atoms. The van der Waals surface area contributed by atoms with Crippen LogP contribution < -0.4 is 15.4 Å². The topological polar surface area (TPSA) is 76.4 Å². The number of anilines is 1. The standard InChI is InChI=1S/C13H15N3O3/c1-18-12-5-3-2-4-11(12)16-13(17)9-14-8-10-6-7-15-19-10/h2-7,14H,8-9H2,1H3,(H,16,17). The molecule has 100 valence electrons. The van der Waals surface area contributed by atoms with Crippen LogP contribution in [0.2, 0.25) is 0 Å². The average molecular weight is 261 g/mol. The Labute approximate surface area is 110 Å². The van der Waals surface area contributed by atoms with E-state index in [0.717, 1.165) is 0 Å². The maximum absolute atomic E-state index is 11.7. The molecule has 0 unspecified atom stereocenters. The summed E-state index contributed by atoms with van der Waals surface area (Å²) >= 11 is 0. The molecule has 2 N–H and O–H groups in total. The minimum absolute atomic E-state index is 0.149. The van der Waals surface area contributed by atoms with Crippen molar-refractivity contribution in [2.45, 2.75) is 6.54 Å². The number of benzene rings is 1. The minimum atomic E-state index is -0.149. The van der Waals surface area contributed by atoms with Gasteiger partial charge in [-0.15, -0.1) is 0 Å². The second kappa shape index (κ2) is 6.55. The van der Waals surface area contributed by atoms with E-state index in [1.54, 1.807) is 31.5 Å². The second-order valence-corrected chi connectivity index (χ2v) is 3.83. The number of para-hydroxylation sites is 2. The first-order valence-electron chi connectivity index (χ1n) is 5.82. The number of nitrogens with one attached hydrogen (secondary N) is 2. The Morgan fingerprint density at radius 2 is 2.21 bits per heavy atom. The molecule has 0 aliphatic carbocycles. The quantitative estimate of drug-likeness (QED) is 0.822. The van der Waals surface area contributed by atoms with Gasteiger partial charge in [0.2, 0.25) is 5.91 Å². The predicted molar refractivity (Wildman–Crippen MR) is 69.8 cm³/mol. The number of nitrogens with zero attached hydrogens (tertiary/aromatic N) is 1. The van der Waals surface area contributed by atoms with Gasteiger partial charge in [-0.2, -0.15) is 0 Å². The van der Waals surface area contributed by atoms with E-state index < -0.39 is 0 Å². The van der Waals surface area contributed by atoms with Crippen molar-refractivity contribution in [3.63, 3.8) is 0 Å². The molecule has 0 atom stereocenters. The molecule has 1 amide bonds. The third kappa shape index (κ3) is 3.82. The number of hydrogen-bond donors (Lipinski definition) is 2. The van der Waals surface area contributed by atoms with Crippen molar-refractivity contribution in [1.82, 2.24) is 10.5 Å². The molecule has 1 aromatic heterocycles. The van der Waals surface area contributed by atoms with Gasteiger partial charge in [-0.1, -0.05) is 17.3 Å². The molecule has 6 nitrogen and oxygen atoms in total. The molecular weight excluding hydrogens is 246 g/mol. The molecule has 2 rings (SSSR count). The van der Waals surface area contributed by atoms with Gasteiger partial charge in [0.25, 0.3) is 0 Å². The normalized spacial score (nSPS) is 10.2. The molecule has 19 heavy (non-hydrogen) atoms. The fourth-order valence-electron chi connectivity index (χ4n) is 1.57. The molecule has 0 aliphatic heterocycles. The molecule has 0 aliphatic rings. The van der Waals surface area contributed by atoms with Gasteiger partial charge in [0.05, 0.1) is 32.1 Å². The number of rotatable bonds is 6. The van der Waals surface area contributed by atoms with Crippen molar-refractivity contribution in [1.29, 1.82) is 0 Å². The van der Waals surface area contributed by atoms with Crippen LogP contribution in [0, 0.1) is 0 Å². The summed E-state index contributed by atoms with van der Waals surface area (Å²) in [5.74, 6) is 1.17. The highest BCUT2D eigenvalue weighted by molar-refractivity contribution is 5.93. The summed E-state index contributed by atoms with van der Waals surface area (Å²) in [4.78, 5) is 11.7. The van der Waals surface area contributed by atoms with Crippen LogP contribution in [0.1, 0.15) is 5.76 Å². The van der Waals surface area contributed by atoms with Crippen molar-refractivity contribution >= 4 is 11.6 Å². The van der Waals surface area contributed by atoms with Gasteiger partial charge >= 0.3 is 0 Å². The number of hydrogen-bond acceptors (Lipinski definition) is 5. The number of ether oxygens (including phenoxy) is 1. The highest BCUT2D eigenvalue weighted by atomic mass is 16.5. The highest BCUT2D eigenvalue weighted by Crippen LogP contribution is 2.22. The van der Waals surface area contributed by atoms with E-state index in [4.69, 9.17) is 9.26 Å². The molecular formula is C13H15N3O3. The van der Waals surface area contributed by atoms with Crippen LogP contribution in [0.5, 0.6) is 5.75 Å². The Kier molecular flexibility index (Phi) is 4.52. The average Bonchev–Trinajstić information content (AvgIpc) is 2.92. The van der Waals surface area contributed by atoms with Crippen LogP contribution >= 0.6 is 0 Å². The van der Waals surface area contributed by atoms with Gasteiger partial charge < -0.3 is 19.9 Å². The molecule has 1 heterocycles. The van der Waals surface area contributed by atoms with Crippen molar-refractivity contribution < 1.29 is 14.1 Å². The third-order valence-electron chi connectivity index (χ3n) is 2.46. The van der Waals surface area contributed by atoms with Crippen LogP contribution in [-0.2, 0) is 11.3 Å². The van der Waals surface area contributed by atoms with E-state index in [2.05, 4.69) is 15.8 Å². The molecule has 0 saturated carbocycles. The molecule has 2 aromatic rings. The van der Waals surface area contributed by atoms with Gasteiger partial charge in [-0.05, 0) is 12.1 Å². The fourth-order valence-corrected chi connectivity index (χ4v) is 1.57. The Bertz CT molecular complexity index is 526. The minimum Gasteiger partial charge on any atom is -0.495 e. The van der Waals surface area contributed by atoms with Crippen molar-refractivity contribution in [3.05, 3.63) is 42.3 Å². The number of carbonyl (C=O) groups excluding carboxylic acids is 1. The van der Waals surface area contributed by atoms with Crippen molar-refractivity contribution in [2.75, 3.05) is 19.0 Å². The molecule has 0 radical (unpaired) electrons. The lowest BCUT2D eigenvalue weighted by Gasteiger charge is -2.09.